The number of nitrogens with two attached hydrogens (primary N) is 1. The molecular formula is C26H42N4O5. The Morgan fingerprint density at radius 1 is 1.06 bits per heavy atom. The van der Waals surface area contributed by atoms with E-state index in [4.69, 9.17) is 10.5 Å². The third kappa shape index (κ3) is 9.58. The van der Waals surface area contributed by atoms with Crippen LogP contribution in [0.15, 0.2) is 24.3 Å². The third-order valence-electron chi connectivity index (χ3n) is 5.43. The molecule has 0 heterocycles. The number of hydrogen-bond acceptors (Lipinski definition) is 5. The van der Waals surface area contributed by atoms with E-state index in [1.54, 1.807) is 20.8 Å². The third-order valence-corrected chi connectivity index (χ3v) is 5.43. The quantitative estimate of drug-likeness (QED) is 0.438. The van der Waals surface area contributed by atoms with Crippen LogP contribution in [-0.4, -0.2) is 52.4 Å². The second-order valence-corrected chi connectivity index (χ2v) is 10.1. The highest BCUT2D eigenvalue weighted by molar-refractivity contribution is 5.93. The Labute approximate surface area is 209 Å². The van der Waals surface area contributed by atoms with Gasteiger partial charge in [0.1, 0.15) is 17.7 Å². The highest BCUT2D eigenvalue weighted by Crippen LogP contribution is 2.29. The van der Waals surface area contributed by atoms with E-state index < -0.39 is 35.6 Å². The van der Waals surface area contributed by atoms with Gasteiger partial charge < -0.3 is 26.0 Å². The normalized spacial score (nSPS) is 14.0. The van der Waals surface area contributed by atoms with E-state index in [9.17, 15) is 19.2 Å². The van der Waals surface area contributed by atoms with Crippen LogP contribution >= 0.6 is 0 Å². The number of nitrogens with one attached hydrogen (secondary N) is 2. The van der Waals surface area contributed by atoms with Crippen molar-refractivity contribution >= 4 is 23.8 Å². The van der Waals surface area contributed by atoms with Crippen molar-refractivity contribution in [3.8, 4) is 0 Å². The highest BCUT2D eigenvalue weighted by Gasteiger charge is 2.39. The summed E-state index contributed by atoms with van der Waals surface area (Å²) in [6, 6.07) is 4.86. The zero-order valence-corrected chi connectivity index (χ0v) is 22.3. The van der Waals surface area contributed by atoms with Crippen molar-refractivity contribution in [2.75, 3.05) is 0 Å². The number of nitrogens with zero attached hydrogens (tertiary/aromatic N) is 1. The molecule has 3 atom stereocenters. The Bertz CT molecular complexity index is 894. The summed E-state index contributed by atoms with van der Waals surface area (Å²) < 4.78 is 5.34. The predicted octanol–water partition coefficient (Wildman–Crippen LogP) is 3.35. The molecule has 0 fully saturated rings. The van der Waals surface area contributed by atoms with Crippen LogP contribution in [0.25, 0.3) is 0 Å². The van der Waals surface area contributed by atoms with Gasteiger partial charge >= 0.3 is 6.09 Å². The molecule has 9 heteroatoms. The van der Waals surface area contributed by atoms with Gasteiger partial charge in [0.25, 0.3) is 0 Å². The first-order chi connectivity index (χ1) is 16.2. The molecule has 9 nitrogen and oxygen atoms in total. The molecule has 35 heavy (non-hydrogen) atoms. The van der Waals surface area contributed by atoms with Gasteiger partial charge in [-0.15, -0.1) is 0 Å². The van der Waals surface area contributed by atoms with Crippen LogP contribution in [0.1, 0.15) is 84.9 Å². The maximum atomic E-state index is 14.0. The summed E-state index contributed by atoms with van der Waals surface area (Å²) in [7, 11) is 0. The second-order valence-electron chi connectivity index (χ2n) is 10.1. The number of ether oxygens (including phenoxy) is 1. The van der Waals surface area contributed by atoms with Crippen LogP contribution in [0.2, 0.25) is 0 Å². The van der Waals surface area contributed by atoms with Crippen LogP contribution in [-0.2, 0) is 19.1 Å². The minimum Gasteiger partial charge on any atom is -0.444 e. The number of benzene rings is 1. The van der Waals surface area contributed by atoms with Crippen LogP contribution in [0.4, 0.5) is 4.79 Å². The van der Waals surface area contributed by atoms with E-state index in [1.165, 1.54) is 4.90 Å². The van der Waals surface area contributed by atoms with Gasteiger partial charge in [0.2, 0.25) is 17.7 Å². The number of aryl methyl sites for hydroxylation is 1. The molecule has 0 aliphatic rings. The molecule has 1 rings (SSSR count). The maximum Gasteiger partial charge on any atom is 0.408 e. The highest BCUT2D eigenvalue weighted by atomic mass is 16.6. The molecule has 1 aromatic rings. The lowest BCUT2D eigenvalue weighted by Crippen LogP contribution is -2.56. The Morgan fingerprint density at radius 3 is 2.14 bits per heavy atom. The van der Waals surface area contributed by atoms with Crippen molar-refractivity contribution in [1.29, 1.82) is 0 Å². The lowest BCUT2D eigenvalue weighted by molar-refractivity contribution is -0.145. The van der Waals surface area contributed by atoms with Crippen molar-refractivity contribution in [2.24, 2.45) is 5.73 Å². The molecule has 3 unspecified atom stereocenters. The van der Waals surface area contributed by atoms with Crippen LogP contribution in [0.5, 0.6) is 0 Å². The van der Waals surface area contributed by atoms with Crippen molar-refractivity contribution < 1.29 is 23.9 Å². The molecule has 196 valence electrons. The van der Waals surface area contributed by atoms with Gasteiger partial charge in [0, 0.05) is 18.5 Å². The minimum absolute atomic E-state index is 0.0212. The minimum atomic E-state index is -1.11. The fourth-order valence-corrected chi connectivity index (χ4v) is 3.64. The zero-order chi connectivity index (χ0) is 26.9. The number of carbonyl (C=O) groups is 4. The standard InChI is InChI=1S/C26H42N4O5/c1-9-18(5)30(22(23(32)28-16(2)3)19-13-11-10-12-17(19)4)24(33)20(14-15-21(27)31)29-25(34)35-26(6,7)8/h10-13,16,18,20,22H,9,14-15H2,1-8H3,(H2,27,31)(H,28,32)(H,29,34). The smallest absolute Gasteiger partial charge is 0.408 e. The van der Waals surface area contributed by atoms with E-state index in [1.807, 2.05) is 58.9 Å². The summed E-state index contributed by atoms with van der Waals surface area (Å²) in [6.45, 7) is 14.5. The van der Waals surface area contributed by atoms with E-state index in [0.29, 0.717) is 12.0 Å². The van der Waals surface area contributed by atoms with Crippen molar-refractivity contribution in [3.63, 3.8) is 0 Å². The van der Waals surface area contributed by atoms with Crippen LogP contribution in [0.3, 0.4) is 0 Å². The Hall–Kier alpha value is -3.10. The number of alkyl carbamates (subject to hydrolysis) is 1. The average Bonchev–Trinajstić information content (AvgIpc) is 2.72. The van der Waals surface area contributed by atoms with Gasteiger partial charge in [0.15, 0.2) is 0 Å². The first-order valence-corrected chi connectivity index (χ1v) is 12.1. The van der Waals surface area contributed by atoms with Gasteiger partial charge in [0.05, 0.1) is 0 Å². The number of rotatable bonds is 11. The van der Waals surface area contributed by atoms with Crippen molar-refractivity contribution in [2.45, 2.75) is 104 Å². The SMILES string of the molecule is CCC(C)N(C(=O)C(CCC(N)=O)NC(=O)OC(C)(C)C)C(C(=O)NC(C)C)c1ccccc1C. The molecule has 4 N–H and O–H groups in total. The molecule has 0 spiro atoms. The van der Waals surface area contributed by atoms with Gasteiger partial charge in [-0.3, -0.25) is 14.4 Å². The summed E-state index contributed by atoms with van der Waals surface area (Å²) in [4.78, 5) is 53.1. The molecule has 0 saturated heterocycles. The lowest BCUT2D eigenvalue weighted by atomic mass is 9.95. The van der Waals surface area contributed by atoms with Gasteiger partial charge in [-0.25, -0.2) is 4.79 Å². The molecule has 4 amide bonds. The second kappa shape index (κ2) is 13.1. The number of amides is 4. The van der Waals surface area contributed by atoms with Gasteiger partial charge in [-0.1, -0.05) is 31.2 Å². The summed E-state index contributed by atoms with van der Waals surface area (Å²) in [6.07, 6.45) is -0.359. The Kier molecular flexibility index (Phi) is 11.2. The molecule has 1 aromatic carbocycles. The number of hydrogen-bond donors (Lipinski definition) is 3. The monoisotopic (exact) mass is 490 g/mol. The zero-order valence-electron chi connectivity index (χ0n) is 22.3. The molecular weight excluding hydrogens is 448 g/mol. The Morgan fingerprint density at radius 2 is 1.66 bits per heavy atom. The molecule has 0 saturated carbocycles. The van der Waals surface area contributed by atoms with Gasteiger partial charge in [-0.2, -0.15) is 0 Å². The first kappa shape index (κ1) is 29.9. The summed E-state index contributed by atoms with van der Waals surface area (Å²) >= 11 is 0. The van der Waals surface area contributed by atoms with Gasteiger partial charge in [-0.05, 0) is 72.4 Å². The molecule has 0 aromatic heterocycles. The Balaban J connectivity index is 3.54. The van der Waals surface area contributed by atoms with E-state index in [2.05, 4.69) is 10.6 Å². The topological polar surface area (TPSA) is 131 Å². The van der Waals surface area contributed by atoms with E-state index in [0.717, 1.165) is 5.56 Å². The van der Waals surface area contributed by atoms with E-state index >= 15 is 0 Å². The largest absolute Gasteiger partial charge is 0.444 e. The molecule has 0 bridgehead atoms. The van der Waals surface area contributed by atoms with Crippen LogP contribution in [0, 0.1) is 6.92 Å². The molecule has 0 radical (unpaired) electrons. The first-order valence-electron chi connectivity index (χ1n) is 12.1. The summed E-state index contributed by atoms with van der Waals surface area (Å²) in [5, 5.41) is 5.52. The van der Waals surface area contributed by atoms with Crippen LogP contribution < -0.4 is 16.4 Å². The summed E-state index contributed by atoms with van der Waals surface area (Å²) in [5.74, 6) is -1.41. The van der Waals surface area contributed by atoms with Crippen molar-refractivity contribution in [3.05, 3.63) is 35.4 Å². The predicted molar refractivity (Wildman–Crippen MR) is 135 cm³/mol. The summed E-state index contributed by atoms with van der Waals surface area (Å²) in [5.41, 5.74) is 6.10. The lowest BCUT2D eigenvalue weighted by Gasteiger charge is -2.39. The molecule has 0 aliphatic heterocycles. The maximum absolute atomic E-state index is 14.0. The fourth-order valence-electron chi connectivity index (χ4n) is 3.64. The number of carbonyl (C=O) groups excluding carboxylic acids is 4. The van der Waals surface area contributed by atoms with Crippen molar-refractivity contribution in [1.82, 2.24) is 15.5 Å². The fraction of sp³-hybridized carbons (Fsp3) is 0.615. The van der Waals surface area contributed by atoms with E-state index in [-0.39, 0.29) is 30.8 Å². The number of primary amides is 1. The average molecular weight is 491 g/mol. The molecule has 0 aliphatic carbocycles.